The fraction of sp³-hybridized carbons (Fsp3) is 0.294. The molecule has 3 heterocycles. The van der Waals surface area contributed by atoms with E-state index >= 15 is 0 Å². The lowest BCUT2D eigenvalue weighted by Crippen LogP contribution is -2.37. The van der Waals surface area contributed by atoms with Gasteiger partial charge in [0.15, 0.2) is 0 Å². The Balaban J connectivity index is 1.45. The summed E-state index contributed by atoms with van der Waals surface area (Å²) in [4.78, 5) is 0.262. The van der Waals surface area contributed by atoms with E-state index in [1.165, 1.54) is 16.4 Å². The Morgan fingerprint density at radius 3 is 2.50 bits per heavy atom. The average molecular weight is 410 g/mol. The first kappa shape index (κ1) is 17.7. The molecule has 26 heavy (non-hydrogen) atoms. The van der Waals surface area contributed by atoms with Gasteiger partial charge in [-0.3, -0.25) is 0 Å². The molecule has 9 heteroatoms. The van der Waals surface area contributed by atoms with Crippen LogP contribution in [0.5, 0.6) is 0 Å². The van der Waals surface area contributed by atoms with Gasteiger partial charge in [0.05, 0.1) is 4.90 Å². The highest BCUT2D eigenvalue weighted by atomic mass is 35.5. The molecule has 1 aliphatic heterocycles. The summed E-state index contributed by atoms with van der Waals surface area (Å²) in [7, 11) is -3.51. The van der Waals surface area contributed by atoms with Crippen molar-refractivity contribution in [1.29, 1.82) is 0 Å². The van der Waals surface area contributed by atoms with Gasteiger partial charge in [-0.25, -0.2) is 8.42 Å². The molecule has 0 atom stereocenters. The zero-order chi connectivity index (χ0) is 18.1. The molecule has 0 radical (unpaired) electrons. The zero-order valence-corrected chi connectivity index (χ0v) is 16.1. The van der Waals surface area contributed by atoms with Crippen LogP contribution in [-0.2, 0) is 10.0 Å². The van der Waals surface area contributed by atoms with Crippen LogP contribution in [-0.4, -0.2) is 36.0 Å². The molecule has 1 saturated heterocycles. The van der Waals surface area contributed by atoms with Crippen LogP contribution < -0.4 is 0 Å². The van der Waals surface area contributed by atoms with Crippen molar-refractivity contribution in [2.75, 3.05) is 13.1 Å². The maximum absolute atomic E-state index is 12.7. The van der Waals surface area contributed by atoms with Crippen LogP contribution in [0.1, 0.15) is 24.7 Å². The van der Waals surface area contributed by atoms with Gasteiger partial charge >= 0.3 is 0 Å². The molecule has 136 valence electrons. The number of benzene rings is 1. The van der Waals surface area contributed by atoms with Crippen LogP contribution in [0.25, 0.3) is 11.5 Å². The van der Waals surface area contributed by atoms with E-state index in [1.54, 1.807) is 23.5 Å². The predicted octanol–water partition coefficient (Wildman–Crippen LogP) is 4.02. The molecule has 0 N–H and O–H groups in total. The second-order valence-electron chi connectivity index (χ2n) is 6.09. The third kappa shape index (κ3) is 3.42. The summed E-state index contributed by atoms with van der Waals surface area (Å²) in [5.41, 5.74) is 0.913. The van der Waals surface area contributed by atoms with Crippen LogP contribution in [0.3, 0.4) is 0 Å². The number of thiophene rings is 1. The number of halogens is 1. The van der Waals surface area contributed by atoms with Gasteiger partial charge in [-0.2, -0.15) is 15.6 Å². The van der Waals surface area contributed by atoms with Gasteiger partial charge < -0.3 is 4.42 Å². The number of nitrogens with zero attached hydrogens (tertiary/aromatic N) is 3. The van der Waals surface area contributed by atoms with Crippen LogP contribution in [0.15, 0.2) is 50.4 Å². The monoisotopic (exact) mass is 409 g/mol. The quantitative estimate of drug-likeness (QED) is 0.650. The molecule has 4 rings (SSSR count). The molecule has 0 spiro atoms. The third-order valence-corrected chi connectivity index (χ3v) is 7.31. The van der Waals surface area contributed by atoms with Gasteiger partial charge in [-0.1, -0.05) is 11.6 Å². The fourth-order valence-electron chi connectivity index (χ4n) is 3.00. The predicted molar refractivity (Wildman–Crippen MR) is 99.8 cm³/mol. The Morgan fingerprint density at radius 2 is 1.85 bits per heavy atom. The molecule has 1 aliphatic rings. The van der Waals surface area contributed by atoms with E-state index in [0.717, 1.165) is 5.56 Å². The van der Waals surface area contributed by atoms with Crippen molar-refractivity contribution in [3.63, 3.8) is 0 Å². The maximum Gasteiger partial charge on any atom is 0.248 e. The van der Waals surface area contributed by atoms with Crippen molar-refractivity contribution in [2.24, 2.45) is 0 Å². The van der Waals surface area contributed by atoms with Crippen LogP contribution in [0, 0.1) is 0 Å². The molecule has 1 aromatic carbocycles. The number of piperidine rings is 1. The van der Waals surface area contributed by atoms with Crippen LogP contribution in [0.4, 0.5) is 0 Å². The van der Waals surface area contributed by atoms with E-state index in [1.807, 2.05) is 16.8 Å². The first-order valence-electron chi connectivity index (χ1n) is 8.16. The Hall–Kier alpha value is -1.74. The number of aromatic nitrogens is 2. The summed E-state index contributed by atoms with van der Waals surface area (Å²) in [6, 6.07) is 8.18. The third-order valence-electron chi connectivity index (χ3n) is 4.46. The van der Waals surface area contributed by atoms with Crippen molar-refractivity contribution in [2.45, 2.75) is 23.7 Å². The normalized spacial score (nSPS) is 16.8. The summed E-state index contributed by atoms with van der Waals surface area (Å²) in [6.07, 6.45) is 1.30. The van der Waals surface area contributed by atoms with Gasteiger partial charge in [0.1, 0.15) is 0 Å². The molecule has 0 amide bonds. The van der Waals surface area contributed by atoms with Gasteiger partial charge in [0, 0.05) is 35.0 Å². The molecule has 2 aromatic heterocycles. The molecule has 0 bridgehead atoms. The van der Waals surface area contributed by atoms with Gasteiger partial charge in [-0.15, -0.1) is 10.2 Å². The second kappa shape index (κ2) is 7.11. The lowest BCUT2D eigenvalue weighted by atomic mass is 9.98. The standard InChI is InChI=1S/C17H16ClN3O3S2/c18-14-1-3-15(4-2-14)26(22,23)21-8-5-12(6-9-21)16-19-20-17(24-16)13-7-10-25-11-13/h1-4,7,10-12H,5-6,8-9H2. The average Bonchev–Trinajstić information content (AvgIpc) is 3.34. The minimum Gasteiger partial charge on any atom is -0.420 e. The zero-order valence-electron chi connectivity index (χ0n) is 13.7. The van der Waals surface area contributed by atoms with Crippen molar-refractivity contribution in [3.8, 4) is 11.5 Å². The Kier molecular flexibility index (Phi) is 4.83. The first-order valence-corrected chi connectivity index (χ1v) is 10.9. The Labute approximate surface area is 160 Å². The largest absolute Gasteiger partial charge is 0.420 e. The molecular weight excluding hydrogens is 394 g/mol. The van der Waals surface area contributed by atoms with E-state index in [2.05, 4.69) is 10.2 Å². The van der Waals surface area contributed by atoms with Crippen LogP contribution >= 0.6 is 22.9 Å². The van der Waals surface area contributed by atoms with E-state index in [9.17, 15) is 8.42 Å². The minimum atomic E-state index is -3.51. The number of hydrogen-bond acceptors (Lipinski definition) is 6. The van der Waals surface area contributed by atoms with E-state index in [0.29, 0.717) is 42.7 Å². The highest BCUT2D eigenvalue weighted by Crippen LogP contribution is 2.32. The van der Waals surface area contributed by atoms with Gasteiger partial charge in [0.2, 0.25) is 21.8 Å². The lowest BCUT2D eigenvalue weighted by molar-refractivity contribution is 0.291. The van der Waals surface area contributed by atoms with E-state index < -0.39 is 10.0 Å². The fourth-order valence-corrected chi connectivity index (χ4v) is 5.23. The summed E-state index contributed by atoms with van der Waals surface area (Å²) in [5, 5.41) is 12.7. The number of rotatable bonds is 4. The Morgan fingerprint density at radius 1 is 1.12 bits per heavy atom. The molecule has 0 unspecified atom stereocenters. The Bertz CT molecular complexity index is 977. The van der Waals surface area contributed by atoms with Crippen molar-refractivity contribution >= 4 is 33.0 Å². The molecule has 0 aliphatic carbocycles. The van der Waals surface area contributed by atoms with Crippen LogP contribution in [0.2, 0.25) is 5.02 Å². The lowest BCUT2D eigenvalue weighted by Gasteiger charge is -2.29. The highest BCUT2D eigenvalue weighted by Gasteiger charge is 2.32. The smallest absolute Gasteiger partial charge is 0.248 e. The van der Waals surface area contributed by atoms with Crippen molar-refractivity contribution in [3.05, 3.63) is 52.0 Å². The molecule has 1 fully saturated rings. The minimum absolute atomic E-state index is 0.0755. The van der Waals surface area contributed by atoms with E-state index in [4.69, 9.17) is 16.0 Å². The molecule has 0 saturated carbocycles. The summed E-state index contributed by atoms with van der Waals surface area (Å²) in [5.74, 6) is 1.17. The maximum atomic E-state index is 12.7. The summed E-state index contributed by atoms with van der Waals surface area (Å²) < 4.78 is 32.8. The molecule has 6 nitrogen and oxygen atoms in total. The van der Waals surface area contributed by atoms with Crippen molar-refractivity contribution < 1.29 is 12.8 Å². The summed E-state index contributed by atoms with van der Waals surface area (Å²) >= 11 is 7.41. The second-order valence-corrected chi connectivity index (χ2v) is 9.24. The number of hydrogen-bond donors (Lipinski definition) is 0. The SMILES string of the molecule is O=S(=O)(c1ccc(Cl)cc1)N1CCC(c2nnc(-c3ccsc3)o2)CC1. The first-order chi connectivity index (χ1) is 12.5. The summed E-state index contributed by atoms with van der Waals surface area (Å²) in [6.45, 7) is 0.845. The molecule has 3 aromatic rings. The van der Waals surface area contributed by atoms with E-state index in [-0.39, 0.29) is 10.8 Å². The van der Waals surface area contributed by atoms with Crippen molar-refractivity contribution in [1.82, 2.24) is 14.5 Å². The van der Waals surface area contributed by atoms with Gasteiger partial charge in [-0.05, 0) is 48.6 Å². The highest BCUT2D eigenvalue weighted by molar-refractivity contribution is 7.89. The topological polar surface area (TPSA) is 76.3 Å². The van der Waals surface area contributed by atoms with Gasteiger partial charge in [0.25, 0.3) is 0 Å². The molecular formula is C17H16ClN3O3S2. The number of sulfonamides is 1.